The van der Waals surface area contributed by atoms with Crippen LogP contribution in [0.4, 0.5) is 0 Å². The van der Waals surface area contributed by atoms with E-state index in [1.165, 1.54) is 154 Å². The van der Waals surface area contributed by atoms with Gasteiger partial charge in [0.15, 0.2) is 0 Å². The fraction of sp³-hybridized carbons (Fsp3) is 0.675. The number of ether oxygens (including phenoxy) is 2. The molecule has 0 saturated heterocycles. The molecule has 812 valence electrons. The molecular weight excluding hydrogens is 1870 g/mol. The van der Waals surface area contributed by atoms with Crippen LogP contribution in [0.5, 0.6) is 0 Å². The Morgan fingerprint density at radius 1 is 0.324 bits per heavy atom. The van der Waals surface area contributed by atoms with Gasteiger partial charge in [-0.2, -0.15) is 0 Å². The van der Waals surface area contributed by atoms with Crippen molar-refractivity contribution >= 4 is 50.4 Å². The van der Waals surface area contributed by atoms with E-state index in [1.54, 1.807) is 126 Å². The molecule has 0 aromatic heterocycles. The van der Waals surface area contributed by atoms with Crippen LogP contribution in [0.25, 0.3) is 0 Å². The number of halogens is 2. The summed E-state index contributed by atoms with van der Waals surface area (Å²) in [6.07, 6.45) is 119. The number of hydrogen-bond acceptors (Lipinski definition) is 17. The van der Waals surface area contributed by atoms with Crippen molar-refractivity contribution in [2.45, 2.75) is 473 Å². The first-order valence-electron chi connectivity index (χ1n) is 53.0. The van der Waals surface area contributed by atoms with E-state index >= 15 is 0 Å². The van der Waals surface area contributed by atoms with Crippen LogP contribution in [0.15, 0.2) is 204 Å². The lowest BCUT2D eigenvalue weighted by Crippen LogP contribution is -2.13. The van der Waals surface area contributed by atoms with E-state index in [0.29, 0.717) is 19.6 Å². The molecule has 0 amide bonds. The van der Waals surface area contributed by atoms with Crippen molar-refractivity contribution in [2.24, 2.45) is 0 Å². The van der Waals surface area contributed by atoms with Gasteiger partial charge in [-0.3, -0.25) is 0 Å². The number of rotatable bonds is 71. The molecule has 0 aliphatic carbocycles. The Hall–Kier alpha value is -5.61. The number of aliphatic hydroxyl groups is 12. The Morgan fingerprint density at radius 2 is 0.583 bits per heavy atom. The monoisotopic (exact) mass is 2090 g/mol. The van der Waals surface area contributed by atoms with Crippen LogP contribution in [0.2, 0.25) is 0 Å². The van der Waals surface area contributed by atoms with Gasteiger partial charge in [-0.25, -0.2) is 4.79 Å². The van der Waals surface area contributed by atoms with E-state index in [-0.39, 0.29) is 31.9 Å². The number of hydrogen-bond donors (Lipinski definition) is 12. The number of unbranched alkanes of at least 4 members (excludes halogenated alkanes) is 37. The largest absolute Gasteiger partial charge is 0.466 e. The number of allylic oxidation sites excluding steroid dienone is 24. The average Bonchev–Trinajstić information content (AvgIpc) is 1.01. The number of carbonyl (C=O) groups excluding carboxylic acids is 3. The van der Waals surface area contributed by atoms with Gasteiger partial charge >= 0.3 is 5.97 Å². The van der Waals surface area contributed by atoms with E-state index in [0.717, 1.165) is 190 Å². The molecule has 17 nitrogen and oxygen atoms in total. The fourth-order valence-corrected chi connectivity index (χ4v) is 10.9. The van der Waals surface area contributed by atoms with Gasteiger partial charge < -0.3 is 80.3 Å². The number of carbonyl (C=O) groups is 3. The van der Waals surface area contributed by atoms with Crippen molar-refractivity contribution in [2.75, 3.05) is 53.4 Å². The molecule has 0 aromatic rings. The minimum Gasteiger partial charge on any atom is -0.466 e. The molecule has 12 N–H and O–H groups in total. The van der Waals surface area contributed by atoms with Crippen LogP contribution >= 0.6 is 31.9 Å². The molecule has 0 unspecified atom stereocenters. The minimum absolute atomic E-state index is 0.141. The first-order valence-corrected chi connectivity index (χ1v) is 54.6. The van der Waals surface area contributed by atoms with Gasteiger partial charge in [0.25, 0.3) is 0 Å². The Kier molecular flexibility index (Phi) is 151. The summed E-state index contributed by atoms with van der Waals surface area (Å²) in [7, 11) is 1.37. The number of aliphatic hydroxyl groups excluding tert-OH is 7. The lowest BCUT2D eigenvalue weighted by atomic mass is 10.1. The molecule has 2 atom stereocenters. The molecule has 0 spiro atoms. The lowest BCUT2D eigenvalue weighted by Gasteiger charge is -2.08. The summed E-state index contributed by atoms with van der Waals surface area (Å²) in [5.41, 5.74) is -3.64. The molecule has 0 aromatic carbocycles. The van der Waals surface area contributed by atoms with Crippen molar-refractivity contribution in [1.29, 1.82) is 0 Å². The Morgan fingerprint density at radius 3 is 0.863 bits per heavy atom. The topological polar surface area (TPSA) is 312 Å². The first-order chi connectivity index (χ1) is 66.2. The smallest absolute Gasteiger partial charge is 0.330 e. The van der Waals surface area contributed by atoms with E-state index in [2.05, 4.69) is 138 Å². The van der Waals surface area contributed by atoms with Gasteiger partial charge in [0.05, 0.1) is 57.8 Å². The van der Waals surface area contributed by atoms with Crippen LogP contribution < -0.4 is 0 Å². The summed E-state index contributed by atoms with van der Waals surface area (Å²) in [5.74, 6) is 5.16. The standard InChI is InChI=1S/C16H28O2.C15H24O3.C14H24O2.C12H22O2.C12H20O2.C12H22O.C12H20O.C8H14Br2.C7H16O.C7H14O.C5H12O2/c1-4-18-15-13-11-9-7-5-6-8-10-12-14-16(2,3)17;1-15(2,17)13-11-9-7-5-4-6-8-10-12-14(16)18-3;1-14(2,16)12-10-8-6-4-3-5-7-9-11-13-15;2*1-12(2,14)10-8-6-4-3-5-7-9-11-13;2*1-3-4-5-6-7-8-9-10-11-12(2)13;1-2-3-4-5-6-7-8(9)10;2*1-2-3-4-5-6-7-8;6-4-2-1-3-5-7/h8,10-14,17H,4-7,9,15H2,1-3H3;7,9-13,17H,4-6,8H2,1-3H3;6,8-12,15-16H,3-5,7,13H2,1-2H3;4,6,8,10,13-14H,3,5,7,9,11H2,1-2H3;4,6,8,10-11,14H,3,5,7,9H2,1-2H3;8-13H,3-7H2,1-2H3;8-9,12-13H,3-7H2,1-2H3;7H,2-6H2,1H3;8H,2-7H2,1H3;7H,2-6H2,1H3;6-7H,1-5H2/b10-8-,13-11-,14-12+;9-7-,12-10-,13-11+;8-6-,11-9-,12-10+;2*6-4-,10-8+;9-8-,11-10+;9-8-;;;;/t;;;;;2*12-;;;;/m.....11..../s1. The Balaban J connectivity index is -0.000000146. The molecule has 0 bridgehead atoms. The third-order valence-corrected chi connectivity index (χ3v) is 18.9. The van der Waals surface area contributed by atoms with Gasteiger partial charge in [0.1, 0.15) is 18.7 Å². The maximum Gasteiger partial charge on any atom is 0.330 e. The highest BCUT2D eigenvalue weighted by Crippen LogP contribution is 2.17. The van der Waals surface area contributed by atoms with Crippen LogP contribution in [0, 0.1) is 11.8 Å². The first kappa shape index (κ1) is 156. The van der Waals surface area contributed by atoms with Crippen molar-refractivity contribution < 1.29 is 85.1 Å². The van der Waals surface area contributed by atoms with Crippen LogP contribution in [0.1, 0.15) is 433 Å². The van der Waals surface area contributed by atoms with E-state index < -0.39 is 34.1 Å². The van der Waals surface area contributed by atoms with Crippen molar-refractivity contribution in [1.82, 2.24) is 0 Å². The van der Waals surface area contributed by atoms with Crippen LogP contribution in [0.3, 0.4) is 0 Å². The highest BCUT2D eigenvalue weighted by atomic mass is 79.9. The predicted octanol–water partition coefficient (Wildman–Crippen LogP) is 30.4. The third-order valence-electron chi connectivity index (χ3n) is 18.2. The Bertz CT molecular complexity index is 3030. The molecule has 0 aliphatic heterocycles. The molecular formula is C120H216Br2O17. The van der Waals surface area contributed by atoms with Gasteiger partial charge in [0, 0.05) is 52.0 Å². The van der Waals surface area contributed by atoms with Gasteiger partial charge in [-0.05, 0) is 314 Å². The highest BCUT2D eigenvalue weighted by Gasteiger charge is 2.08. The van der Waals surface area contributed by atoms with E-state index in [9.17, 15) is 39.9 Å². The van der Waals surface area contributed by atoms with Gasteiger partial charge in [-0.15, -0.1) is 0 Å². The second-order valence-corrected chi connectivity index (χ2v) is 39.2. The molecule has 19 heteroatoms. The zero-order valence-corrected chi connectivity index (χ0v) is 95.1. The second kappa shape index (κ2) is 134. The van der Waals surface area contributed by atoms with Crippen molar-refractivity contribution in [3.8, 4) is 11.8 Å². The Labute approximate surface area is 871 Å². The van der Waals surface area contributed by atoms with Gasteiger partial charge in [-0.1, -0.05) is 344 Å². The van der Waals surface area contributed by atoms with E-state index in [4.69, 9.17) is 40.5 Å². The molecule has 0 heterocycles. The summed E-state index contributed by atoms with van der Waals surface area (Å²) >= 11 is 6.64. The summed E-state index contributed by atoms with van der Waals surface area (Å²) in [6.45, 7) is 36.8. The molecule has 0 rings (SSSR count). The maximum atomic E-state index is 10.8. The van der Waals surface area contributed by atoms with E-state index in [1.807, 2.05) is 104 Å². The average molecular weight is 2090 g/mol. The summed E-state index contributed by atoms with van der Waals surface area (Å²) in [4.78, 5) is 30.5. The summed E-state index contributed by atoms with van der Waals surface area (Å²) in [6, 6.07) is 0. The van der Waals surface area contributed by atoms with Crippen molar-refractivity contribution in [3.05, 3.63) is 204 Å². The molecule has 139 heavy (non-hydrogen) atoms. The molecule has 0 saturated carbocycles. The molecule has 0 radical (unpaired) electrons. The molecule has 0 fully saturated rings. The van der Waals surface area contributed by atoms with Crippen molar-refractivity contribution in [3.63, 3.8) is 0 Å². The normalized spacial score (nSPS) is 12.3. The zero-order valence-electron chi connectivity index (χ0n) is 91.9. The van der Waals surface area contributed by atoms with Crippen LogP contribution in [-0.4, -0.2) is 173 Å². The number of esters is 1. The number of methoxy groups -OCH3 is 1. The minimum atomic E-state index is -0.747. The fourth-order valence-electron chi connectivity index (χ4n) is 10.4. The second-order valence-electron chi connectivity index (χ2n) is 36.4. The summed E-state index contributed by atoms with van der Waals surface area (Å²) in [5, 5.41) is 106. The summed E-state index contributed by atoms with van der Waals surface area (Å²) < 4.78 is 10.8. The highest BCUT2D eigenvalue weighted by molar-refractivity contribution is 9.28. The van der Waals surface area contributed by atoms with Crippen LogP contribution in [-0.2, 0) is 23.9 Å². The van der Waals surface area contributed by atoms with Gasteiger partial charge in [0.2, 0.25) is 0 Å². The SMILES string of the molecule is CC(C)(O)/C=C/C=C\CCCC/C=C\CO.CC(C)(O)/C=C/C=C\CCCCC=O.CC(C)(O)/C=C/C=C\CCCCCO.CCCCCC/C=C\C#C[C@@H](C)O.CCCCCC/C=C\C=C\[C@@H](C)O.CCCCCCC=C(Br)Br.CCCCCCC=O.CCCCCCCO.CCOC/C=C\CCCC/C=C\C=C\C(C)(C)O.COC(=O)/C=C\CCCC/C=C\C=C\C(C)(C)O.OCCCCCO. The number of aldehydes is 2. The lowest BCUT2D eigenvalue weighted by molar-refractivity contribution is -0.134. The zero-order chi connectivity index (χ0) is 107. The third kappa shape index (κ3) is 219. The maximum absolute atomic E-state index is 10.8. The molecule has 0 aliphatic rings. The quantitative estimate of drug-likeness (QED) is 0.00512. The predicted molar refractivity (Wildman–Crippen MR) is 611 cm³/mol.